The number of carbonyl (C=O) groups excluding carboxylic acids is 1. The van der Waals surface area contributed by atoms with E-state index in [1.807, 2.05) is 30.3 Å². The molecule has 1 heterocycles. The number of nitrogen functional groups attached to an aromatic ring is 1. The van der Waals surface area contributed by atoms with Crippen LogP contribution in [0.4, 0.5) is 17.5 Å². The number of benzene rings is 1. The van der Waals surface area contributed by atoms with Gasteiger partial charge in [-0.15, -0.1) is 0 Å². The molecule has 0 atom stereocenters. The molecule has 6 heteroatoms. The van der Waals surface area contributed by atoms with Crippen LogP contribution in [0.25, 0.3) is 0 Å². The number of ether oxygens (including phenoxy) is 1. The third kappa shape index (κ3) is 2.79. The van der Waals surface area contributed by atoms with E-state index in [0.717, 1.165) is 5.69 Å². The van der Waals surface area contributed by atoms with E-state index in [4.69, 9.17) is 5.73 Å². The van der Waals surface area contributed by atoms with Crippen LogP contribution < -0.4 is 11.1 Å². The van der Waals surface area contributed by atoms with E-state index in [2.05, 4.69) is 20.0 Å². The molecule has 19 heavy (non-hydrogen) atoms. The zero-order valence-electron chi connectivity index (χ0n) is 10.7. The Morgan fingerprint density at radius 2 is 1.95 bits per heavy atom. The molecule has 0 bridgehead atoms. The maximum absolute atomic E-state index is 11.5. The van der Waals surface area contributed by atoms with Crippen LogP contribution in [-0.4, -0.2) is 23.0 Å². The van der Waals surface area contributed by atoms with Crippen molar-refractivity contribution in [1.82, 2.24) is 9.97 Å². The number of nitrogens with zero attached hydrogens (tertiary/aromatic N) is 2. The van der Waals surface area contributed by atoms with Crippen molar-refractivity contribution in [3.05, 3.63) is 41.6 Å². The standard InChI is InChI=1S/C13H14N4O2/c1-8-10(12(18)19-2)11(14)17-13(15-8)16-9-6-4-3-5-7-9/h3-7H,1-2H3,(H3,14,15,16,17). The van der Waals surface area contributed by atoms with Crippen molar-refractivity contribution in [2.75, 3.05) is 18.2 Å². The zero-order chi connectivity index (χ0) is 13.8. The summed E-state index contributed by atoms with van der Waals surface area (Å²) in [4.78, 5) is 19.8. The molecule has 0 spiro atoms. The quantitative estimate of drug-likeness (QED) is 0.817. The number of hydrogen-bond donors (Lipinski definition) is 2. The minimum atomic E-state index is -0.540. The van der Waals surface area contributed by atoms with E-state index in [-0.39, 0.29) is 11.4 Å². The number of rotatable bonds is 3. The fourth-order valence-corrected chi connectivity index (χ4v) is 1.66. The molecule has 6 nitrogen and oxygen atoms in total. The molecule has 2 rings (SSSR count). The first-order valence-electron chi connectivity index (χ1n) is 5.66. The summed E-state index contributed by atoms with van der Waals surface area (Å²) in [5.74, 6) is -0.104. The SMILES string of the molecule is COC(=O)c1c(C)nc(Nc2ccccc2)nc1N. The Kier molecular flexibility index (Phi) is 3.61. The highest BCUT2D eigenvalue weighted by molar-refractivity contribution is 5.95. The number of aromatic nitrogens is 2. The lowest BCUT2D eigenvalue weighted by Gasteiger charge is -2.10. The Morgan fingerprint density at radius 3 is 2.53 bits per heavy atom. The Bertz CT molecular complexity index is 576. The van der Waals surface area contributed by atoms with Gasteiger partial charge in [0, 0.05) is 5.69 Å². The zero-order valence-corrected chi connectivity index (χ0v) is 10.7. The normalized spacial score (nSPS) is 10.0. The molecule has 1 aromatic carbocycles. The Balaban J connectivity index is 2.33. The van der Waals surface area contributed by atoms with Gasteiger partial charge in [-0.2, -0.15) is 4.98 Å². The molecule has 0 aliphatic heterocycles. The molecule has 0 amide bonds. The monoisotopic (exact) mass is 258 g/mol. The second kappa shape index (κ2) is 5.34. The van der Waals surface area contributed by atoms with E-state index in [1.165, 1.54) is 7.11 Å². The van der Waals surface area contributed by atoms with E-state index in [1.54, 1.807) is 6.92 Å². The number of aryl methyl sites for hydroxylation is 1. The second-order valence-corrected chi connectivity index (χ2v) is 3.88. The van der Waals surface area contributed by atoms with Crippen molar-refractivity contribution in [1.29, 1.82) is 0 Å². The summed E-state index contributed by atoms with van der Waals surface area (Å²) in [5.41, 5.74) is 7.27. The molecule has 3 N–H and O–H groups in total. The van der Waals surface area contributed by atoms with Crippen LogP contribution >= 0.6 is 0 Å². The van der Waals surface area contributed by atoms with Gasteiger partial charge in [0.2, 0.25) is 5.95 Å². The van der Waals surface area contributed by atoms with Crippen molar-refractivity contribution in [2.24, 2.45) is 0 Å². The number of hydrogen-bond acceptors (Lipinski definition) is 6. The number of esters is 1. The van der Waals surface area contributed by atoms with E-state index >= 15 is 0 Å². The van der Waals surface area contributed by atoms with Crippen LogP contribution in [0.15, 0.2) is 30.3 Å². The van der Waals surface area contributed by atoms with Crippen LogP contribution in [0, 0.1) is 6.92 Å². The van der Waals surface area contributed by atoms with Gasteiger partial charge in [-0.1, -0.05) is 18.2 Å². The third-order valence-electron chi connectivity index (χ3n) is 2.54. The molecule has 0 saturated heterocycles. The van der Waals surface area contributed by atoms with Gasteiger partial charge in [-0.05, 0) is 19.1 Å². The first-order chi connectivity index (χ1) is 9.11. The van der Waals surface area contributed by atoms with Gasteiger partial charge < -0.3 is 15.8 Å². The average Bonchev–Trinajstić information content (AvgIpc) is 2.38. The van der Waals surface area contributed by atoms with Gasteiger partial charge in [0.25, 0.3) is 0 Å². The van der Waals surface area contributed by atoms with Crippen LogP contribution in [0.1, 0.15) is 16.1 Å². The van der Waals surface area contributed by atoms with E-state index in [9.17, 15) is 4.79 Å². The summed E-state index contributed by atoms with van der Waals surface area (Å²) in [6.07, 6.45) is 0. The third-order valence-corrected chi connectivity index (χ3v) is 2.54. The van der Waals surface area contributed by atoms with Gasteiger partial charge in [0.1, 0.15) is 11.4 Å². The molecule has 0 aliphatic carbocycles. The molecule has 0 radical (unpaired) electrons. The minimum Gasteiger partial charge on any atom is -0.465 e. The molecular formula is C13H14N4O2. The Morgan fingerprint density at radius 1 is 1.26 bits per heavy atom. The summed E-state index contributed by atoms with van der Waals surface area (Å²) >= 11 is 0. The highest BCUT2D eigenvalue weighted by Crippen LogP contribution is 2.19. The fraction of sp³-hybridized carbons (Fsp3) is 0.154. The lowest BCUT2D eigenvalue weighted by molar-refractivity contribution is 0.0600. The molecule has 2 aromatic rings. The highest BCUT2D eigenvalue weighted by atomic mass is 16.5. The average molecular weight is 258 g/mol. The lowest BCUT2D eigenvalue weighted by atomic mass is 10.2. The molecule has 0 unspecified atom stereocenters. The van der Waals surface area contributed by atoms with Crippen LogP contribution in [0.5, 0.6) is 0 Å². The van der Waals surface area contributed by atoms with Crippen molar-refractivity contribution < 1.29 is 9.53 Å². The van der Waals surface area contributed by atoms with Crippen LogP contribution in [0.2, 0.25) is 0 Å². The molecule has 98 valence electrons. The smallest absolute Gasteiger partial charge is 0.343 e. The van der Waals surface area contributed by atoms with Gasteiger partial charge in [0.15, 0.2) is 0 Å². The van der Waals surface area contributed by atoms with Crippen LogP contribution in [0.3, 0.4) is 0 Å². The fourth-order valence-electron chi connectivity index (χ4n) is 1.66. The number of methoxy groups -OCH3 is 1. The molecule has 1 aromatic heterocycles. The van der Waals surface area contributed by atoms with E-state index < -0.39 is 5.97 Å². The first-order valence-corrected chi connectivity index (χ1v) is 5.66. The van der Waals surface area contributed by atoms with E-state index in [0.29, 0.717) is 11.6 Å². The van der Waals surface area contributed by atoms with Crippen LogP contribution in [-0.2, 0) is 4.74 Å². The highest BCUT2D eigenvalue weighted by Gasteiger charge is 2.17. The number of nitrogens with one attached hydrogen (secondary N) is 1. The predicted molar refractivity (Wildman–Crippen MR) is 72.2 cm³/mol. The lowest BCUT2D eigenvalue weighted by Crippen LogP contribution is -2.13. The second-order valence-electron chi connectivity index (χ2n) is 3.88. The largest absolute Gasteiger partial charge is 0.465 e. The maximum atomic E-state index is 11.5. The minimum absolute atomic E-state index is 0.0952. The van der Waals surface area contributed by atoms with Crippen molar-refractivity contribution >= 4 is 23.4 Å². The summed E-state index contributed by atoms with van der Waals surface area (Å²) in [6, 6.07) is 9.45. The summed E-state index contributed by atoms with van der Waals surface area (Å²) in [7, 11) is 1.29. The number of carbonyl (C=O) groups is 1. The molecule has 0 aliphatic rings. The molecule has 0 fully saturated rings. The van der Waals surface area contributed by atoms with Crippen molar-refractivity contribution in [3.8, 4) is 0 Å². The first kappa shape index (κ1) is 12.8. The topological polar surface area (TPSA) is 90.1 Å². The summed E-state index contributed by atoms with van der Waals surface area (Å²) in [6.45, 7) is 1.68. The Labute approximate surface area is 110 Å². The predicted octanol–water partition coefficient (Wildman–Crippen LogP) is 1.90. The molecule has 0 saturated carbocycles. The number of nitrogens with two attached hydrogens (primary N) is 1. The van der Waals surface area contributed by atoms with Gasteiger partial charge >= 0.3 is 5.97 Å². The maximum Gasteiger partial charge on any atom is 0.343 e. The summed E-state index contributed by atoms with van der Waals surface area (Å²) < 4.78 is 4.64. The summed E-state index contributed by atoms with van der Waals surface area (Å²) in [5, 5.41) is 3.02. The van der Waals surface area contributed by atoms with Crippen molar-refractivity contribution in [2.45, 2.75) is 6.92 Å². The number of para-hydroxylation sites is 1. The number of anilines is 3. The van der Waals surface area contributed by atoms with Gasteiger partial charge in [-0.25, -0.2) is 9.78 Å². The van der Waals surface area contributed by atoms with Gasteiger partial charge in [-0.3, -0.25) is 0 Å². The molecular weight excluding hydrogens is 244 g/mol. The van der Waals surface area contributed by atoms with Gasteiger partial charge in [0.05, 0.1) is 12.8 Å². The van der Waals surface area contributed by atoms with Crippen molar-refractivity contribution in [3.63, 3.8) is 0 Å². The Hall–Kier alpha value is -2.63.